The molecule has 0 aliphatic heterocycles. The van der Waals surface area contributed by atoms with Crippen molar-refractivity contribution in [3.63, 3.8) is 0 Å². The first kappa shape index (κ1) is 31.7. The Balaban J connectivity index is 5.18. The average Bonchev–Trinajstić information content (AvgIpc) is 2.54. The third kappa shape index (κ3) is 9.54. The van der Waals surface area contributed by atoms with E-state index in [4.69, 9.17) is 13.3 Å². The van der Waals surface area contributed by atoms with Crippen LogP contribution in [0.2, 0.25) is 69.1 Å². The number of carbonyl (C=O) groups is 1. The highest BCUT2D eigenvalue weighted by molar-refractivity contribution is 6.97. The molecule has 0 rings (SSSR count). The van der Waals surface area contributed by atoms with Crippen molar-refractivity contribution in [3.05, 3.63) is 24.8 Å². The number of carbonyl (C=O) groups excluding carboxylic acids is 1. The fourth-order valence-corrected chi connectivity index (χ4v) is 26.5. The third-order valence-corrected chi connectivity index (χ3v) is 27.9. The molecule has 0 N–H and O–H groups in total. The minimum atomic E-state index is -1.99. The maximum absolute atomic E-state index is 11.6. The summed E-state index contributed by atoms with van der Waals surface area (Å²) < 4.78 is 19.2. The summed E-state index contributed by atoms with van der Waals surface area (Å²) in [5.41, 5.74) is 1.61. The first-order chi connectivity index (χ1) is 14.0. The lowest BCUT2D eigenvalue weighted by atomic mass is 10.2. The summed E-state index contributed by atoms with van der Waals surface area (Å²) in [6.07, 6.45) is 2.90. The van der Waals surface area contributed by atoms with Gasteiger partial charge in [0.2, 0.25) is 0 Å². The summed E-state index contributed by atoms with van der Waals surface area (Å²) in [7, 11) is -7.51. The summed E-state index contributed by atoms with van der Waals surface area (Å²) in [6, 6.07) is 0.988. The Bertz CT molecular complexity index is 679. The third-order valence-electron chi connectivity index (χ3n) is 7.13. The molecule has 0 heterocycles. The molecule has 0 aromatic carbocycles. The quantitative estimate of drug-likeness (QED) is 0.0780. The molecule has 4 nitrogen and oxygen atoms in total. The zero-order valence-corrected chi connectivity index (χ0v) is 27.5. The van der Waals surface area contributed by atoms with Gasteiger partial charge in [0, 0.05) is 15.8 Å². The normalized spacial score (nSPS) is 14.3. The minimum absolute atomic E-state index is 0.0146. The van der Waals surface area contributed by atoms with Crippen LogP contribution in [-0.2, 0) is 18.1 Å². The zero-order valence-electron chi connectivity index (χ0n) is 23.5. The van der Waals surface area contributed by atoms with E-state index in [2.05, 4.69) is 99.3 Å². The lowest BCUT2D eigenvalue weighted by Gasteiger charge is -2.51. The molecule has 0 fully saturated rings. The summed E-state index contributed by atoms with van der Waals surface area (Å²) in [5, 5.41) is -0.125. The van der Waals surface area contributed by atoms with Gasteiger partial charge in [-0.15, -0.1) is 6.58 Å². The van der Waals surface area contributed by atoms with Gasteiger partial charge in [-0.25, -0.2) is 4.79 Å². The Labute approximate surface area is 203 Å². The molecule has 0 unspecified atom stereocenters. The van der Waals surface area contributed by atoms with Crippen molar-refractivity contribution in [3.8, 4) is 0 Å². The van der Waals surface area contributed by atoms with Crippen LogP contribution in [0.4, 0.5) is 0 Å². The number of allylic oxidation sites excluding steroid dienone is 1. The van der Waals surface area contributed by atoms with E-state index in [-0.39, 0.29) is 16.2 Å². The van der Waals surface area contributed by atoms with Crippen LogP contribution in [0, 0.1) is 0 Å². The van der Waals surface area contributed by atoms with Crippen LogP contribution in [0.5, 0.6) is 0 Å². The van der Waals surface area contributed by atoms with Gasteiger partial charge >= 0.3 is 5.97 Å². The van der Waals surface area contributed by atoms with Gasteiger partial charge in [-0.3, -0.25) is 0 Å². The Morgan fingerprint density at radius 2 is 1.44 bits per heavy atom. The summed E-state index contributed by atoms with van der Waals surface area (Å²) >= 11 is 0. The topological polar surface area (TPSA) is 44.8 Å². The molecule has 0 saturated heterocycles. The van der Waals surface area contributed by atoms with E-state index < -0.39 is 33.0 Å². The number of ether oxygens (including phenoxy) is 1. The van der Waals surface area contributed by atoms with Gasteiger partial charge in [-0.05, 0) is 78.2 Å². The number of hydrogen-bond acceptors (Lipinski definition) is 4. The summed E-state index contributed by atoms with van der Waals surface area (Å²) in [5.74, 6) is -0.304. The van der Waals surface area contributed by atoms with Crippen LogP contribution in [0.3, 0.4) is 0 Å². The minimum Gasteiger partial charge on any atom is -0.462 e. The van der Waals surface area contributed by atoms with Crippen LogP contribution in [0.1, 0.15) is 41.0 Å². The van der Waals surface area contributed by atoms with E-state index in [0.717, 1.165) is 18.1 Å². The van der Waals surface area contributed by atoms with Gasteiger partial charge in [0.05, 0.1) is 14.7 Å². The zero-order chi connectivity index (χ0) is 25.8. The largest absolute Gasteiger partial charge is 0.462 e. The van der Waals surface area contributed by atoms with Crippen LogP contribution >= 0.6 is 0 Å². The lowest BCUT2D eigenvalue weighted by Crippen LogP contribution is -2.62. The fraction of sp³-hybridized carbons (Fsp3) is 0.792. The van der Waals surface area contributed by atoms with E-state index in [1.807, 2.05) is 0 Å². The first-order valence-corrected chi connectivity index (χ1v) is 24.2. The molecular formula is C24H52O4Si4. The Morgan fingerprint density at radius 3 is 1.88 bits per heavy atom. The second-order valence-corrected chi connectivity index (χ2v) is 32.0. The van der Waals surface area contributed by atoms with Crippen molar-refractivity contribution in [2.24, 2.45) is 0 Å². The maximum atomic E-state index is 11.6. The number of esters is 1. The highest BCUT2D eigenvalue weighted by Crippen LogP contribution is 2.44. The maximum Gasteiger partial charge on any atom is 0.333 e. The van der Waals surface area contributed by atoms with Crippen molar-refractivity contribution < 1.29 is 18.1 Å². The van der Waals surface area contributed by atoms with Crippen molar-refractivity contribution in [1.29, 1.82) is 0 Å². The number of rotatable bonds is 14. The molecule has 0 aliphatic rings. The first-order valence-electron chi connectivity index (χ1n) is 11.9. The van der Waals surface area contributed by atoms with Crippen LogP contribution in [0.15, 0.2) is 24.8 Å². The van der Waals surface area contributed by atoms with Gasteiger partial charge in [0.15, 0.2) is 25.0 Å². The van der Waals surface area contributed by atoms with Gasteiger partial charge in [0.25, 0.3) is 0 Å². The second-order valence-electron chi connectivity index (χ2n) is 12.8. The molecule has 0 spiro atoms. The van der Waals surface area contributed by atoms with Crippen LogP contribution in [0.25, 0.3) is 0 Å². The molecule has 0 radical (unpaired) electrons. The predicted molar refractivity (Wildman–Crippen MR) is 150 cm³/mol. The van der Waals surface area contributed by atoms with Gasteiger partial charge < -0.3 is 13.3 Å². The van der Waals surface area contributed by atoms with E-state index >= 15 is 0 Å². The highest BCUT2D eigenvalue weighted by atomic mass is 28.4. The van der Waals surface area contributed by atoms with Crippen LogP contribution in [-0.4, -0.2) is 50.8 Å². The fourth-order valence-electron chi connectivity index (χ4n) is 4.05. The molecule has 0 aromatic heterocycles. The average molecular weight is 517 g/mol. The molecule has 0 aliphatic carbocycles. The molecule has 8 heteroatoms. The van der Waals surface area contributed by atoms with Gasteiger partial charge in [-0.1, -0.05) is 39.6 Å². The van der Waals surface area contributed by atoms with E-state index in [1.54, 1.807) is 6.92 Å². The monoisotopic (exact) mass is 516 g/mol. The molecule has 188 valence electrons. The molecule has 0 amide bonds. The molecule has 0 atom stereocenters. The molecule has 0 aromatic rings. The number of hydrogen-bond donors (Lipinski definition) is 0. The Morgan fingerprint density at radius 1 is 0.938 bits per heavy atom. The Hall–Kier alpha value is -0.262. The van der Waals surface area contributed by atoms with Gasteiger partial charge in [0.1, 0.15) is 0 Å². The highest BCUT2D eigenvalue weighted by Gasteiger charge is 2.51. The SMILES string of the molecule is C=CC(C)(C)[Si](C)(C)OC(C)(C)[Si](C)(C)C[Si](C)(C)O[Si](C)(C)CCCOC(=O)C(=C)C. The second kappa shape index (κ2) is 11.0. The van der Waals surface area contributed by atoms with Crippen LogP contribution < -0.4 is 0 Å². The van der Waals surface area contributed by atoms with E-state index in [1.165, 1.54) is 0 Å². The van der Waals surface area contributed by atoms with E-state index in [0.29, 0.717) is 12.2 Å². The Kier molecular flexibility index (Phi) is 10.9. The molecule has 32 heavy (non-hydrogen) atoms. The van der Waals surface area contributed by atoms with E-state index in [9.17, 15) is 4.79 Å². The van der Waals surface area contributed by atoms with Crippen molar-refractivity contribution in [1.82, 2.24) is 0 Å². The smallest absolute Gasteiger partial charge is 0.333 e. The summed E-state index contributed by atoms with van der Waals surface area (Å²) in [6.45, 7) is 37.8. The summed E-state index contributed by atoms with van der Waals surface area (Å²) in [4.78, 5) is 11.6. The standard InChI is InChI=1S/C24H52O4Si4/c1-16-23(4,5)32(14,15)27-24(6,7)29(8,9)20-31(12,13)28-30(10,11)19-17-18-26-22(25)21(2)3/h16H,1-2,17-20H2,3-15H3. The van der Waals surface area contributed by atoms with Gasteiger partial charge in [-0.2, -0.15) is 0 Å². The molecule has 0 saturated carbocycles. The molecular weight excluding hydrogens is 465 g/mol. The predicted octanol–water partition coefficient (Wildman–Crippen LogP) is 7.68. The van der Waals surface area contributed by atoms with Crippen molar-refractivity contribution >= 4 is 39.0 Å². The lowest BCUT2D eigenvalue weighted by molar-refractivity contribution is -0.138. The molecule has 0 bridgehead atoms. The van der Waals surface area contributed by atoms with Crippen molar-refractivity contribution in [2.75, 3.05) is 6.61 Å². The van der Waals surface area contributed by atoms with Crippen molar-refractivity contribution in [2.45, 2.75) is 115 Å².